The van der Waals surface area contributed by atoms with Crippen molar-refractivity contribution in [3.05, 3.63) is 30.3 Å². The Morgan fingerprint density at radius 3 is 2.59 bits per heavy atom. The Balaban J connectivity index is 1.53. The first-order valence-corrected chi connectivity index (χ1v) is 8.47. The third-order valence-corrected chi connectivity index (χ3v) is 4.25. The van der Waals surface area contributed by atoms with Gasteiger partial charge in [0.25, 0.3) is 0 Å². The van der Waals surface area contributed by atoms with Crippen molar-refractivity contribution in [1.29, 1.82) is 0 Å². The zero-order valence-corrected chi connectivity index (χ0v) is 13.6. The second kappa shape index (κ2) is 9.46. The molecule has 1 aromatic rings. The Morgan fingerprint density at radius 2 is 1.91 bits per heavy atom. The Hall–Kier alpha value is -1.55. The Bertz CT molecular complexity index is 427. The molecular formula is C18H28NO3+. The van der Waals surface area contributed by atoms with Crippen molar-refractivity contribution in [1.82, 2.24) is 0 Å². The van der Waals surface area contributed by atoms with E-state index >= 15 is 0 Å². The van der Waals surface area contributed by atoms with Gasteiger partial charge in [0.1, 0.15) is 5.75 Å². The smallest absolute Gasteiger partial charge is 0.309 e. The van der Waals surface area contributed by atoms with Crippen molar-refractivity contribution in [2.24, 2.45) is 5.92 Å². The van der Waals surface area contributed by atoms with E-state index in [9.17, 15) is 4.79 Å². The summed E-state index contributed by atoms with van der Waals surface area (Å²) < 4.78 is 10.8. The predicted molar refractivity (Wildman–Crippen MR) is 86.1 cm³/mol. The number of unbranched alkanes of at least 4 members (excludes halogenated alkanes) is 1. The van der Waals surface area contributed by atoms with Gasteiger partial charge in [-0.25, -0.2) is 0 Å². The first-order chi connectivity index (χ1) is 10.8. The van der Waals surface area contributed by atoms with Gasteiger partial charge < -0.3 is 14.4 Å². The van der Waals surface area contributed by atoms with Crippen LogP contribution in [0.5, 0.6) is 5.75 Å². The number of nitrogens with one attached hydrogen (secondary N) is 1. The molecule has 1 heterocycles. The maximum Gasteiger partial charge on any atom is 0.309 e. The quantitative estimate of drug-likeness (QED) is 0.587. The third-order valence-electron chi connectivity index (χ3n) is 4.25. The molecule has 0 saturated carbocycles. The van der Waals surface area contributed by atoms with Crippen LogP contribution in [0.2, 0.25) is 0 Å². The van der Waals surface area contributed by atoms with Crippen molar-refractivity contribution in [2.45, 2.75) is 32.6 Å². The molecule has 4 heteroatoms. The fourth-order valence-electron chi connectivity index (χ4n) is 2.96. The molecular weight excluding hydrogens is 278 g/mol. The van der Waals surface area contributed by atoms with Gasteiger partial charge in [-0.05, 0) is 31.9 Å². The number of piperidine rings is 1. The van der Waals surface area contributed by atoms with Crippen LogP contribution in [0.4, 0.5) is 0 Å². The van der Waals surface area contributed by atoms with Gasteiger partial charge in [-0.2, -0.15) is 0 Å². The average molecular weight is 306 g/mol. The summed E-state index contributed by atoms with van der Waals surface area (Å²) in [5, 5.41) is 0. The molecule has 1 aliphatic rings. The molecule has 0 spiro atoms. The normalized spacial score (nSPS) is 21.3. The first kappa shape index (κ1) is 16.8. The summed E-state index contributed by atoms with van der Waals surface area (Å²) in [6.45, 7) is 6.49. The third kappa shape index (κ3) is 5.68. The lowest BCUT2D eigenvalue weighted by Crippen LogP contribution is -3.13. The van der Waals surface area contributed by atoms with E-state index in [-0.39, 0.29) is 11.9 Å². The van der Waals surface area contributed by atoms with Crippen molar-refractivity contribution in [3.63, 3.8) is 0 Å². The number of para-hydroxylation sites is 1. The van der Waals surface area contributed by atoms with Crippen LogP contribution in [0, 0.1) is 5.92 Å². The highest BCUT2D eigenvalue weighted by molar-refractivity contribution is 5.72. The molecule has 0 unspecified atom stereocenters. The zero-order chi connectivity index (χ0) is 15.6. The summed E-state index contributed by atoms with van der Waals surface area (Å²) in [7, 11) is 0. The highest BCUT2D eigenvalue weighted by Gasteiger charge is 2.27. The number of esters is 1. The Kier molecular flexibility index (Phi) is 7.23. The molecule has 0 aliphatic carbocycles. The molecule has 0 aromatic heterocycles. The maximum atomic E-state index is 11.7. The zero-order valence-electron chi connectivity index (χ0n) is 13.6. The van der Waals surface area contributed by atoms with Crippen LogP contribution in [0.15, 0.2) is 30.3 Å². The highest BCUT2D eigenvalue weighted by atomic mass is 16.5. The standard InChI is InChI=1S/C18H27NO3/c1-2-21-18(20)16-10-13-19(14-11-16)12-6-7-15-22-17-8-4-3-5-9-17/h3-5,8-9,16H,2,6-7,10-15H2,1H3/p+1. The molecule has 1 saturated heterocycles. The SMILES string of the molecule is CCOC(=O)C1CC[NH+](CCCCOc2ccccc2)CC1. The second-order valence-corrected chi connectivity index (χ2v) is 5.89. The summed E-state index contributed by atoms with van der Waals surface area (Å²) in [5.41, 5.74) is 0. The van der Waals surface area contributed by atoms with Crippen LogP contribution in [-0.4, -0.2) is 38.8 Å². The van der Waals surface area contributed by atoms with E-state index in [0.717, 1.165) is 44.7 Å². The van der Waals surface area contributed by atoms with E-state index in [0.29, 0.717) is 6.61 Å². The van der Waals surface area contributed by atoms with Gasteiger partial charge in [0.05, 0.1) is 38.8 Å². The fraction of sp³-hybridized carbons (Fsp3) is 0.611. The van der Waals surface area contributed by atoms with Crippen LogP contribution in [0.3, 0.4) is 0 Å². The number of quaternary nitrogens is 1. The summed E-state index contributed by atoms with van der Waals surface area (Å²) in [5.74, 6) is 1.08. The second-order valence-electron chi connectivity index (χ2n) is 5.89. The molecule has 122 valence electrons. The number of hydrogen-bond acceptors (Lipinski definition) is 3. The van der Waals surface area contributed by atoms with E-state index in [1.807, 2.05) is 37.3 Å². The number of ether oxygens (including phenoxy) is 2. The molecule has 2 rings (SSSR count). The lowest BCUT2D eigenvalue weighted by molar-refractivity contribution is -0.906. The lowest BCUT2D eigenvalue weighted by atomic mass is 9.97. The van der Waals surface area contributed by atoms with Gasteiger partial charge in [-0.3, -0.25) is 4.79 Å². The van der Waals surface area contributed by atoms with Crippen LogP contribution in [-0.2, 0) is 9.53 Å². The molecule has 0 amide bonds. The van der Waals surface area contributed by atoms with Crippen LogP contribution in [0.1, 0.15) is 32.6 Å². The van der Waals surface area contributed by atoms with E-state index in [2.05, 4.69) is 0 Å². The van der Waals surface area contributed by atoms with Gasteiger partial charge in [-0.1, -0.05) is 18.2 Å². The average Bonchev–Trinajstić information content (AvgIpc) is 2.56. The number of hydrogen-bond donors (Lipinski definition) is 1. The molecule has 0 bridgehead atoms. The van der Waals surface area contributed by atoms with Crippen LogP contribution < -0.4 is 9.64 Å². The minimum atomic E-state index is -0.00203. The van der Waals surface area contributed by atoms with Gasteiger partial charge in [0.15, 0.2) is 0 Å². The van der Waals surface area contributed by atoms with Gasteiger partial charge in [0, 0.05) is 12.8 Å². The molecule has 4 nitrogen and oxygen atoms in total. The largest absolute Gasteiger partial charge is 0.494 e. The molecule has 1 N–H and O–H groups in total. The topological polar surface area (TPSA) is 40.0 Å². The van der Waals surface area contributed by atoms with Crippen molar-refractivity contribution in [2.75, 3.05) is 32.8 Å². The minimum Gasteiger partial charge on any atom is -0.494 e. The summed E-state index contributed by atoms with van der Waals surface area (Å²) in [6, 6.07) is 9.97. The first-order valence-electron chi connectivity index (χ1n) is 8.47. The van der Waals surface area contributed by atoms with Gasteiger partial charge in [-0.15, -0.1) is 0 Å². The maximum absolute atomic E-state index is 11.7. The molecule has 1 aromatic carbocycles. The summed E-state index contributed by atoms with van der Waals surface area (Å²) >= 11 is 0. The monoisotopic (exact) mass is 306 g/mol. The summed E-state index contributed by atoms with van der Waals surface area (Å²) in [6.07, 6.45) is 4.19. The molecule has 22 heavy (non-hydrogen) atoms. The number of carbonyl (C=O) groups is 1. The number of carbonyl (C=O) groups excluding carboxylic acids is 1. The number of rotatable bonds is 8. The molecule has 1 aliphatic heterocycles. The van der Waals surface area contributed by atoms with E-state index < -0.39 is 0 Å². The van der Waals surface area contributed by atoms with Gasteiger partial charge in [0.2, 0.25) is 0 Å². The number of likely N-dealkylation sites (tertiary alicyclic amines) is 1. The van der Waals surface area contributed by atoms with E-state index in [1.54, 1.807) is 4.90 Å². The predicted octanol–water partition coefficient (Wildman–Crippen LogP) is 1.70. The van der Waals surface area contributed by atoms with E-state index in [1.165, 1.54) is 13.0 Å². The summed E-state index contributed by atoms with van der Waals surface area (Å²) in [4.78, 5) is 13.3. The Labute approximate surface area is 133 Å². The Morgan fingerprint density at radius 1 is 1.18 bits per heavy atom. The van der Waals surface area contributed by atoms with Crippen molar-refractivity contribution in [3.8, 4) is 5.75 Å². The van der Waals surface area contributed by atoms with Crippen LogP contribution in [0.25, 0.3) is 0 Å². The van der Waals surface area contributed by atoms with E-state index in [4.69, 9.17) is 9.47 Å². The lowest BCUT2D eigenvalue weighted by Gasteiger charge is -2.28. The molecule has 0 atom stereocenters. The van der Waals surface area contributed by atoms with Gasteiger partial charge >= 0.3 is 5.97 Å². The minimum absolute atomic E-state index is 0.00203. The number of benzene rings is 1. The van der Waals surface area contributed by atoms with Crippen LogP contribution >= 0.6 is 0 Å². The highest BCUT2D eigenvalue weighted by Crippen LogP contribution is 2.12. The molecule has 1 fully saturated rings. The van der Waals surface area contributed by atoms with Crippen molar-refractivity contribution >= 4 is 5.97 Å². The fourth-order valence-corrected chi connectivity index (χ4v) is 2.96. The molecule has 0 radical (unpaired) electrons. The van der Waals surface area contributed by atoms with Crippen molar-refractivity contribution < 1.29 is 19.2 Å².